The molecule has 1 aromatic carbocycles. The minimum absolute atomic E-state index is 0.692. The fraction of sp³-hybridized carbons (Fsp3) is 0.214. The van der Waals surface area contributed by atoms with Crippen molar-refractivity contribution in [3.8, 4) is 0 Å². The molecule has 0 bridgehead atoms. The predicted molar refractivity (Wildman–Crippen MR) is 73.3 cm³/mol. The van der Waals surface area contributed by atoms with Gasteiger partial charge in [-0.15, -0.1) is 0 Å². The third kappa shape index (κ3) is 2.46. The Morgan fingerprint density at radius 3 is 2.84 bits per heavy atom. The second-order valence-electron chi connectivity index (χ2n) is 4.38. The number of nitrogens with zero attached hydrogens (tertiary/aromatic N) is 4. The van der Waals surface area contributed by atoms with Gasteiger partial charge in [0.25, 0.3) is 0 Å². The second kappa shape index (κ2) is 5.16. The van der Waals surface area contributed by atoms with E-state index in [0.29, 0.717) is 13.1 Å². The molecule has 0 unspecified atom stereocenters. The van der Waals surface area contributed by atoms with Gasteiger partial charge in [-0.2, -0.15) is 0 Å². The van der Waals surface area contributed by atoms with E-state index in [1.54, 1.807) is 18.6 Å². The first-order chi connectivity index (χ1) is 9.34. The standard InChI is InChI=1S/C14H15N5/c1-19-13-5-3-2-4-12(13)18-14(19)10-16-9-11-8-15-6-7-17-11/h2-8,16H,9-10H2,1H3. The molecule has 3 rings (SSSR count). The summed E-state index contributed by atoms with van der Waals surface area (Å²) < 4.78 is 2.11. The number of hydrogen-bond acceptors (Lipinski definition) is 4. The summed E-state index contributed by atoms with van der Waals surface area (Å²) >= 11 is 0. The molecule has 5 nitrogen and oxygen atoms in total. The van der Waals surface area contributed by atoms with Crippen molar-refractivity contribution in [3.05, 3.63) is 54.4 Å². The molecular formula is C14H15N5. The van der Waals surface area contributed by atoms with E-state index in [-0.39, 0.29) is 0 Å². The van der Waals surface area contributed by atoms with Crippen LogP contribution < -0.4 is 5.32 Å². The van der Waals surface area contributed by atoms with Crippen molar-refractivity contribution in [3.63, 3.8) is 0 Å². The predicted octanol–water partition coefficient (Wildman–Crippen LogP) is 1.65. The van der Waals surface area contributed by atoms with Gasteiger partial charge in [0.2, 0.25) is 0 Å². The lowest BCUT2D eigenvalue weighted by atomic mass is 10.3. The highest BCUT2D eigenvalue weighted by molar-refractivity contribution is 5.75. The third-order valence-electron chi connectivity index (χ3n) is 3.09. The Hall–Kier alpha value is -2.27. The number of hydrogen-bond donors (Lipinski definition) is 1. The monoisotopic (exact) mass is 253 g/mol. The molecule has 96 valence electrons. The summed E-state index contributed by atoms with van der Waals surface area (Å²) in [6, 6.07) is 8.14. The average Bonchev–Trinajstić information content (AvgIpc) is 2.78. The zero-order valence-electron chi connectivity index (χ0n) is 10.7. The molecule has 0 saturated heterocycles. The fourth-order valence-electron chi connectivity index (χ4n) is 2.08. The van der Waals surface area contributed by atoms with E-state index in [2.05, 4.69) is 30.9 Å². The van der Waals surface area contributed by atoms with Gasteiger partial charge in [-0.25, -0.2) is 4.98 Å². The van der Waals surface area contributed by atoms with Crippen LogP contribution in [0.1, 0.15) is 11.5 Å². The van der Waals surface area contributed by atoms with Gasteiger partial charge >= 0.3 is 0 Å². The fourth-order valence-corrected chi connectivity index (χ4v) is 2.08. The Morgan fingerprint density at radius 1 is 1.16 bits per heavy atom. The molecule has 0 aliphatic carbocycles. The molecule has 0 radical (unpaired) electrons. The Balaban J connectivity index is 1.70. The van der Waals surface area contributed by atoms with Crippen molar-refractivity contribution in [2.24, 2.45) is 7.05 Å². The number of imidazole rings is 1. The van der Waals surface area contributed by atoms with Crippen molar-refractivity contribution >= 4 is 11.0 Å². The summed E-state index contributed by atoms with van der Waals surface area (Å²) in [4.78, 5) is 12.9. The molecule has 0 aliphatic heterocycles. The number of nitrogens with one attached hydrogen (secondary N) is 1. The Bertz CT molecular complexity index is 675. The molecule has 3 aromatic rings. The van der Waals surface area contributed by atoms with Crippen LogP contribution in [0.2, 0.25) is 0 Å². The molecular weight excluding hydrogens is 238 g/mol. The lowest BCUT2D eigenvalue weighted by Crippen LogP contribution is -2.16. The van der Waals surface area contributed by atoms with Crippen LogP contribution in [0.4, 0.5) is 0 Å². The SMILES string of the molecule is Cn1c(CNCc2cnccn2)nc2ccccc21. The zero-order valence-corrected chi connectivity index (χ0v) is 10.7. The first-order valence-electron chi connectivity index (χ1n) is 6.20. The van der Waals surface area contributed by atoms with Crippen molar-refractivity contribution < 1.29 is 0 Å². The highest BCUT2D eigenvalue weighted by atomic mass is 15.1. The van der Waals surface area contributed by atoms with Gasteiger partial charge < -0.3 is 9.88 Å². The van der Waals surface area contributed by atoms with Gasteiger partial charge in [0.15, 0.2) is 0 Å². The summed E-state index contributed by atoms with van der Waals surface area (Å²) in [6.45, 7) is 1.40. The van der Waals surface area contributed by atoms with Gasteiger partial charge in [-0.1, -0.05) is 12.1 Å². The van der Waals surface area contributed by atoms with Crippen LogP contribution in [0, 0.1) is 0 Å². The molecule has 2 aromatic heterocycles. The van der Waals surface area contributed by atoms with Crippen LogP contribution in [-0.2, 0) is 20.1 Å². The van der Waals surface area contributed by atoms with E-state index in [4.69, 9.17) is 0 Å². The summed E-state index contributed by atoms with van der Waals surface area (Å²) in [5.41, 5.74) is 3.11. The minimum atomic E-state index is 0.692. The van der Waals surface area contributed by atoms with E-state index in [9.17, 15) is 0 Å². The maximum absolute atomic E-state index is 4.61. The first-order valence-corrected chi connectivity index (χ1v) is 6.20. The lowest BCUT2D eigenvalue weighted by Gasteiger charge is -2.04. The molecule has 0 atom stereocenters. The molecule has 0 saturated carbocycles. The number of aryl methyl sites for hydroxylation is 1. The highest BCUT2D eigenvalue weighted by Crippen LogP contribution is 2.13. The van der Waals surface area contributed by atoms with Gasteiger partial charge in [0.1, 0.15) is 5.82 Å². The van der Waals surface area contributed by atoms with Crippen molar-refractivity contribution in [2.75, 3.05) is 0 Å². The van der Waals surface area contributed by atoms with E-state index in [1.165, 1.54) is 0 Å². The topological polar surface area (TPSA) is 55.6 Å². The summed E-state index contributed by atoms with van der Waals surface area (Å²) in [5.74, 6) is 1.02. The van der Waals surface area contributed by atoms with Crippen LogP contribution in [-0.4, -0.2) is 19.5 Å². The zero-order chi connectivity index (χ0) is 13.1. The number of para-hydroxylation sites is 2. The van der Waals surface area contributed by atoms with Crippen molar-refractivity contribution in [1.82, 2.24) is 24.8 Å². The smallest absolute Gasteiger partial charge is 0.123 e. The second-order valence-corrected chi connectivity index (χ2v) is 4.38. The van der Waals surface area contributed by atoms with Crippen molar-refractivity contribution in [2.45, 2.75) is 13.1 Å². The number of rotatable bonds is 4. The number of fused-ring (bicyclic) bond motifs is 1. The molecule has 0 amide bonds. The summed E-state index contributed by atoms with van der Waals surface area (Å²) in [5, 5.41) is 3.33. The quantitative estimate of drug-likeness (QED) is 0.768. The molecule has 5 heteroatoms. The van der Waals surface area contributed by atoms with Gasteiger partial charge in [0, 0.05) is 32.2 Å². The van der Waals surface area contributed by atoms with E-state index in [0.717, 1.165) is 22.6 Å². The largest absolute Gasteiger partial charge is 0.330 e. The van der Waals surface area contributed by atoms with Gasteiger partial charge in [-0.3, -0.25) is 9.97 Å². The number of benzene rings is 1. The van der Waals surface area contributed by atoms with Crippen LogP contribution >= 0.6 is 0 Å². The summed E-state index contributed by atoms with van der Waals surface area (Å²) in [7, 11) is 2.04. The number of aromatic nitrogens is 4. The molecule has 0 spiro atoms. The Morgan fingerprint density at radius 2 is 2.05 bits per heavy atom. The van der Waals surface area contributed by atoms with Crippen LogP contribution in [0.15, 0.2) is 42.9 Å². The van der Waals surface area contributed by atoms with Crippen LogP contribution in [0.5, 0.6) is 0 Å². The Kier molecular flexibility index (Phi) is 3.20. The van der Waals surface area contributed by atoms with Crippen LogP contribution in [0.25, 0.3) is 11.0 Å². The minimum Gasteiger partial charge on any atom is -0.330 e. The summed E-state index contributed by atoms with van der Waals surface area (Å²) in [6.07, 6.45) is 5.14. The van der Waals surface area contributed by atoms with Crippen molar-refractivity contribution in [1.29, 1.82) is 0 Å². The Labute approximate surface area is 111 Å². The molecule has 19 heavy (non-hydrogen) atoms. The molecule has 2 heterocycles. The molecule has 0 fully saturated rings. The average molecular weight is 253 g/mol. The van der Waals surface area contributed by atoms with E-state index in [1.807, 2.05) is 25.2 Å². The highest BCUT2D eigenvalue weighted by Gasteiger charge is 2.06. The molecule has 0 aliphatic rings. The van der Waals surface area contributed by atoms with Crippen LogP contribution in [0.3, 0.4) is 0 Å². The maximum Gasteiger partial charge on any atom is 0.123 e. The van der Waals surface area contributed by atoms with E-state index >= 15 is 0 Å². The normalized spacial score (nSPS) is 11.0. The van der Waals surface area contributed by atoms with Gasteiger partial charge in [0.05, 0.1) is 23.3 Å². The molecule has 1 N–H and O–H groups in total. The maximum atomic E-state index is 4.61. The third-order valence-corrected chi connectivity index (χ3v) is 3.09. The lowest BCUT2D eigenvalue weighted by molar-refractivity contribution is 0.633. The van der Waals surface area contributed by atoms with E-state index < -0.39 is 0 Å². The van der Waals surface area contributed by atoms with Gasteiger partial charge in [-0.05, 0) is 12.1 Å². The first kappa shape index (κ1) is 11.8.